The summed E-state index contributed by atoms with van der Waals surface area (Å²) in [7, 11) is 0. The van der Waals surface area contributed by atoms with E-state index in [0.29, 0.717) is 5.82 Å². The zero-order valence-corrected chi connectivity index (χ0v) is 9.39. The lowest BCUT2D eigenvalue weighted by Crippen LogP contribution is -2.19. The highest BCUT2D eigenvalue weighted by molar-refractivity contribution is 7.99. The number of thioether (sulfide) groups is 1. The lowest BCUT2D eigenvalue weighted by Gasteiger charge is -2.21. The predicted octanol–water partition coefficient (Wildman–Crippen LogP) is 2.78. The van der Waals surface area contributed by atoms with Gasteiger partial charge in [0.05, 0.1) is 0 Å². The van der Waals surface area contributed by atoms with Gasteiger partial charge in [-0.3, -0.25) is 0 Å². The summed E-state index contributed by atoms with van der Waals surface area (Å²) in [5, 5.41) is 3.19. The summed E-state index contributed by atoms with van der Waals surface area (Å²) >= 11 is 2.02. The Bertz CT molecular complexity index is 313. The molecule has 1 aliphatic rings. The molecule has 0 amide bonds. The van der Waals surface area contributed by atoms with Gasteiger partial charge < -0.3 is 5.32 Å². The SMILES string of the molecule is Fc1cccc(NCC2CCSCC2)n1. The van der Waals surface area contributed by atoms with E-state index in [1.165, 1.54) is 30.4 Å². The minimum atomic E-state index is -0.417. The molecule has 1 aromatic rings. The van der Waals surface area contributed by atoms with Gasteiger partial charge in [-0.2, -0.15) is 16.2 Å². The first kappa shape index (κ1) is 10.7. The standard InChI is InChI=1S/C11H15FN2S/c12-10-2-1-3-11(14-10)13-8-9-4-6-15-7-5-9/h1-3,9H,4-8H2,(H,13,14). The van der Waals surface area contributed by atoms with Crippen LogP contribution in [0.1, 0.15) is 12.8 Å². The zero-order chi connectivity index (χ0) is 10.5. The first-order valence-corrected chi connectivity index (χ1v) is 6.44. The van der Waals surface area contributed by atoms with Gasteiger partial charge in [-0.1, -0.05) is 6.07 Å². The first-order valence-electron chi connectivity index (χ1n) is 5.29. The van der Waals surface area contributed by atoms with Crippen molar-refractivity contribution in [2.24, 2.45) is 5.92 Å². The molecule has 1 fully saturated rings. The summed E-state index contributed by atoms with van der Waals surface area (Å²) in [6.07, 6.45) is 2.51. The zero-order valence-electron chi connectivity index (χ0n) is 8.58. The molecule has 0 unspecified atom stereocenters. The maximum Gasteiger partial charge on any atom is 0.214 e. The van der Waals surface area contributed by atoms with E-state index >= 15 is 0 Å². The van der Waals surface area contributed by atoms with Crippen molar-refractivity contribution in [3.8, 4) is 0 Å². The highest BCUT2D eigenvalue weighted by Gasteiger charge is 2.13. The van der Waals surface area contributed by atoms with Crippen molar-refractivity contribution in [2.75, 3.05) is 23.4 Å². The van der Waals surface area contributed by atoms with E-state index in [1.807, 2.05) is 11.8 Å². The molecule has 0 bridgehead atoms. The van der Waals surface area contributed by atoms with Gasteiger partial charge in [0.15, 0.2) is 0 Å². The Morgan fingerprint density at radius 2 is 2.20 bits per heavy atom. The molecule has 2 nitrogen and oxygen atoms in total. The molecule has 0 aliphatic carbocycles. The molecule has 2 heterocycles. The molecule has 0 radical (unpaired) electrons. The summed E-state index contributed by atoms with van der Waals surface area (Å²) in [6.45, 7) is 0.914. The van der Waals surface area contributed by atoms with Gasteiger partial charge in [0.2, 0.25) is 5.95 Å². The summed E-state index contributed by atoms with van der Waals surface area (Å²) in [5.74, 6) is 3.45. The van der Waals surface area contributed by atoms with Crippen molar-refractivity contribution in [3.05, 3.63) is 24.1 Å². The molecular weight excluding hydrogens is 211 g/mol. The quantitative estimate of drug-likeness (QED) is 0.802. The first-order chi connectivity index (χ1) is 7.34. The number of hydrogen-bond acceptors (Lipinski definition) is 3. The predicted molar refractivity (Wildman–Crippen MR) is 62.7 cm³/mol. The second-order valence-electron chi connectivity index (χ2n) is 3.78. The second kappa shape index (κ2) is 5.35. The number of anilines is 1. The van der Waals surface area contributed by atoms with Crippen LogP contribution in [-0.2, 0) is 0 Å². The lowest BCUT2D eigenvalue weighted by molar-refractivity contribution is 0.514. The highest BCUT2D eigenvalue weighted by atomic mass is 32.2. The molecule has 0 atom stereocenters. The molecule has 1 N–H and O–H groups in total. The Balaban J connectivity index is 1.81. The minimum Gasteiger partial charge on any atom is -0.370 e. The molecule has 1 saturated heterocycles. The molecule has 0 spiro atoms. The largest absolute Gasteiger partial charge is 0.370 e. The van der Waals surface area contributed by atoms with E-state index in [2.05, 4.69) is 10.3 Å². The fourth-order valence-corrected chi connectivity index (χ4v) is 2.91. The van der Waals surface area contributed by atoms with Crippen molar-refractivity contribution in [3.63, 3.8) is 0 Å². The molecular formula is C11H15FN2S. The van der Waals surface area contributed by atoms with Gasteiger partial charge >= 0.3 is 0 Å². The van der Waals surface area contributed by atoms with Gasteiger partial charge in [-0.15, -0.1) is 0 Å². The number of pyridine rings is 1. The van der Waals surface area contributed by atoms with Crippen molar-refractivity contribution < 1.29 is 4.39 Å². The number of aromatic nitrogens is 1. The minimum absolute atomic E-state index is 0.417. The number of rotatable bonds is 3. The fourth-order valence-electron chi connectivity index (χ4n) is 1.71. The third-order valence-corrected chi connectivity index (χ3v) is 3.68. The van der Waals surface area contributed by atoms with Crippen molar-refractivity contribution >= 4 is 17.6 Å². The maximum absolute atomic E-state index is 12.8. The van der Waals surface area contributed by atoms with Gasteiger partial charge in [-0.05, 0) is 42.4 Å². The summed E-state index contributed by atoms with van der Waals surface area (Å²) in [4.78, 5) is 3.77. The van der Waals surface area contributed by atoms with Crippen LogP contribution in [0.15, 0.2) is 18.2 Å². The molecule has 1 aliphatic heterocycles. The van der Waals surface area contributed by atoms with Gasteiger partial charge in [0.1, 0.15) is 5.82 Å². The van der Waals surface area contributed by atoms with Crippen LogP contribution in [0.5, 0.6) is 0 Å². The van der Waals surface area contributed by atoms with Crippen LogP contribution in [0.3, 0.4) is 0 Å². The third-order valence-electron chi connectivity index (χ3n) is 2.63. The van der Waals surface area contributed by atoms with Gasteiger partial charge in [-0.25, -0.2) is 4.98 Å². The molecule has 82 valence electrons. The smallest absolute Gasteiger partial charge is 0.214 e. The van der Waals surface area contributed by atoms with Crippen LogP contribution in [0, 0.1) is 11.9 Å². The lowest BCUT2D eigenvalue weighted by atomic mass is 10.0. The molecule has 15 heavy (non-hydrogen) atoms. The van der Waals surface area contributed by atoms with Crippen molar-refractivity contribution in [1.82, 2.24) is 4.98 Å². The molecule has 4 heteroatoms. The van der Waals surface area contributed by atoms with E-state index in [-0.39, 0.29) is 0 Å². The van der Waals surface area contributed by atoms with Crippen LogP contribution in [0.4, 0.5) is 10.2 Å². The van der Waals surface area contributed by atoms with Crippen molar-refractivity contribution in [1.29, 1.82) is 0 Å². The van der Waals surface area contributed by atoms with Gasteiger partial charge in [0, 0.05) is 6.54 Å². The number of hydrogen-bond donors (Lipinski definition) is 1. The van der Waals surface area contributed by atoms with Crippen LogP contribution in [-0.4, -0.2) is 23.0 Å². The summed E-state index contributed by atoms with van der Waals surface area (Å²) < 4.78 is 12.8. The average molecular weight is 226 g/mol. The normalized spacial score (nSPS) is 17.7. The summed E-state index contributed by atoms with van der Waals surface area (Å²) in [6, 6.07) is 4.85. The Hall–Kier alpha value is -0.770. The number of nitrogens with zero attached hydrogens (tertiary/aromatic N) is 1. The Morgan fingerprint density at radius 3 is 2.93 bits per heavy atom. The van der Waals surface area contributed by atoms with E-state index in [1.54, 1.807) is 12.1 Å². The van der Waals surface area contributed by atoms with Crippen LogP contribution in [0.25, 0.3) is 0 Å². The van der Waals surface area contributed by atoms with Crippen LogP contribution >= 0.6 is 11.8 Å². The Labute approximate surface area is 93.7 Å². The Kier molecular flexibility index (Phi) is 3.83. The van der Waals surface area contributed by atoms with E-state index in [0.717, 1.165) is 12.5 Å². The highest BCUT2D eigenvalue weighted by Crippen LogP contribution is 2.22. The topological polar surface area (TPSA) is 24.9 Å². The van der Waals surface area contributed by atoms with Crippen molar-refractivity contribution in [2.45, 2.75) is 12.8 Å². The Morgan fingerprint density at radius 1 is 1.40 bits per heavy atom. The molecule has 0 saturated carbocycles. The summed E-state index contributed by atoms with van der Waals surface area (Å²) in [5.41, 5.74) is 0. The van der Waals surface area contributed by atoms with E-state index in [4.69, 9.17) is 0 Å². The monoisotopic (exact) mass is 226 g/mol. The van der Waals surface area contributed by atoms with E-state index < -0.39 is 5.95 Å². The second-order valence-corrected chi connectivity index (χ2v) is 5.01. The van der Waals surface area contributed by atoms with Crippen LogP contribution in [0.2, 0.25) is 0 Å². The van der Waals surface area contributed by atoms with Gasteiger partial charge in [0.25, 0.3) is 0 Å². The number of halogens is 1. The molecule has 0 aromatic carbocycles. The average Bonchev–Trinajstić information content (AvgIpc) is 2.28. The molecule has 2 rings (SSSR count). The number of nitrogens with one attached hydrogen (secondary N) is 1. The third kappa shape index (κ3) is 3.38. The fraction of sp³-hybridized carbons (Fsp3) is 0.545. The maximum atomic E-state index is 12.8. The molecule has 1 aromatic heterocycles. The van der Waals surface area contributed by atoms with Crippen LogP contribution < -0.4 is 5.32 Å². The van der Waals surface area contributed by atoms with E-state index in [9.17, 15) is 4.39 Å².